The zero-order valence-electron chi connectivity index (χ0n) is 18.3. The molecule has 3 aromatic rings. The van der Waals surface area contributed by atoms with Gasteiger partial charge in [-0.15, -0.1) is 11.3 Å². The van der Waals surface area contributed by atoms with Gasteiger partial charge in [0.1, 0.15) is 5.69 Å². The lowest BCUT2D eigenvalue weighted by atomic mass is 10.0. The minimum absolute atomic E-state index is 0.108. The van der Waals surface area contributed by atoms with Gasteiger partial charge in [0.2, 0.25) is 0 Å². The number of amides is 2. The number of carbonyl (C=O) groups is 2. The average molecular weight is 451 g/mol. The number of pyridine rings is 1. The van der Waals surface area contributed by atoms with E-state index in [0.717, 1.165) is 29.2 Å². The molecule has 0 bridgehead atoms. The lowest BCUT2D eigenvalue weighted by Crippen LogP contribution is -2.37. The molecule has 4 heterocycles. The molecule has 2 amide bonds. The van der Waals surface area contributed by atoms with Gasteiger partial charge in [-0.1, -0.05) is 6.07 Å². The van der Waals surface area contributed by atoms with Gasteiger partial charge in [-0.3, -0.25) is 14.3 Å². The van der Waals surface area contributed by atoms with Crippen LogP contribution in [-0.4, -0.2) is 55.0 Å². The van der Waals surface area contributed by atoms with Crippen molar-refractivity contribution in [2.45, 2.75) is 45.8 Å². The van der Waals surface area contributed by atoms with Gasteiger partial charge >= 0.3 is 0 Å². The van der Waals surface area contributed by atoms with Crippen molar-refractivity contribution in [1.82, 2.24) is 29.5 Å². The van der Waals surface area contributed by atoms with Crippen LogP contribution in [-0.2, 0) is 26.1 Å². The Bertz CT molecular complexity index is 1150. The molecule has 1 aliphatic heterocycles. The summed E-state index contributed by atoms with van der Waals surface area (Å²) in [4.78, 5) is 38.6. The third-order valence-electron chi connectivity index (χ3n) is 6.09. The Morgan fingerprint density at radius 2 is 2.12 bits per heavy atom. The first-order chi connectivity index (χ1) is 15.5. The number of nitrogens with zero attached hydrogens (tertiary/aromatic N) is 6. The molecule has 0 spiro atoms. The van der Waals surface area contributed by atoms with Crippen molar-refractivity contribution in [3.05, 3.63) is 63.1 Å². The smallest absolute Gasteiger partial charge is 0.274 e. The first-order valence-electron chi connectivity index (χ1n) is 10.9. The first-order valence-corrected chi connectivity index (χ1v) is 11.9. The summed E-state index contributed by atoms with van der Waals surface area (Å²) in [6.45, 7) is 4.13. The molecule has 2 aliphatic rings. The van der Waals surface area contributed by atoms with E-state index in [2.05, 4.69) is 9.97 Å². The van der Waals surface area contributed by atoms with Crippen LogP contribution in [0.15, 0.2) is 29.1 Å². The zero-order chi connectivity index (χ0) is 22.2. The minimum Gasteiger partial charge on any atom is -0.334 e. The molecule has 5 rings (SSSR count). The van der Waals surface area contributed by atoms with Crippen molar-refractivity contribution in [3.8, 4) is 0 Å². The van der Waals surface area contributed by atoms with Crippen LogP contribution >= 0.6 is 11.3 Å². The van der Waals surface area contributed by atoms with Crippen molar-refractivity contribution < 1.29 is 9.59 Å². The molecule has 0 radical (unpaired) electrons. The normalized spacial score (nSPS) is 15.5. The summed E-state index contributed by atoms with van der Waals surface area (Å²) in [5, 5.41) is 6.70. The second-order valence-corrected chi connectivity index (χ2v) is 9.40. The molecule has 0 unspecified atom stereocenters. The van der Waals surface area contributed by atoms with E-state index in [1.807, 2.05) is 29.1 Å². The maximum Gasteiger partial charge on any atom is 0.274 e. The fraction of sp³-hybridized carbons (Fsp3) is 0.435. The quantitative estimate of drug-likeness (QED) is 0.577. The standard InChI is InChI=1S/C23H26N6O2S/c1-15-4-3-5-19(25-15)22(30)28-9-8-20-18(12-28)21(26-29(20)10-16-6-7-16)23(31)27(2)11-17-13-32-14-24-17/h3-5,13-14,16H,6-12H2,1-2H3. The van der Waals surface area contributed by atoms with Crippen LogP contribution in [0.3, 0.4) is 0 Å². The summed E-state index contributed by atoms with van der Waals surface area (Å²) in [5.41, 5.74) is 6.28. The molecule has 1 aliphatic carbocycles. The van der Waals surface area contributed by atoms with E-state index < -0.39 is 0 Å². The number of carbonyl (C=O) groups excluding carboxylic acids is 2. The predicted molar refractivity (Wildman–Crippen MR) is 120 cm³/mol. The number of hydrogen-bond acceptors (Lipinski definition) is 6. The summed E-state index contributed by atoms with van der Waals surface area (Å²) in [7, 11) is 1.77. The molecule has 1 saturated carbocycles. The van der Waals surface area contributed by atoms with Gasteiger partial charge in [0.05, 0.1) is 24.3 Å². The number of thiazole rings is 1. The molecular formula is C23H26N6O2S. The van der Waals surface area contributed by atoms with Crippen molar-refractivity contribution in [3.63, 3.8) is 0 Å². The van der Waals surface area contributed by atoms with Gasteiger partial charge in [-0.2, -0.15) is 5.10 Å². The second kappa shape index (κ2) is 8.46. The number of rotatable bonds is 6. The lowest BCUT2D eigenvalue weighted by Gasteiger charge is -2.28. The van der Waals surface area contributed by atoms with Gasteiger partial charge in [0.15, 0.2) is 5.69 Å². The Hall–Kier alpha value is -3.07. The summed E-state index contributed by atoms with van der Waals surface area (Å²) in [5.74, 6) is 0.404. The Balaban J connectivity index is 1.43. The summed E-state index contributed by atoms with van der Waals surface area (Å²) in [6, 6.07) is 5.47. The Kier molecular flexibility index (Phi) is 5.50. The van der Waals surface area contributed by atoms with Crippen molar-refractivity contribution in [2.24, 2.45) is 5.92 Å². The molecule has 9 heteroatoms. The largest absolute Gasteiger partial charge is 0.334 e. The molecule has 8 nitrogen and oxygen atoms in total. The van der Waals surface area contributed by atoms with E-state index in [1.165, 1.54) is 24.2 Å². The summed E-state index contributed by atoms with van der Waals surface area (Å²) in [6.07, 6.45) is 3.12. The van der Waals surface area contributed by atoms with E-state index >= 15 is 0 Å². The van der Waals surface area contributed by atoms with Crippen molar-refractivity contribution >= 4 is 23.2 Å². The van der Waals surface area contributed by atoms with Crippen LogP contribution < -0.4 is 0 Å². The van der Waals surface area contributed by atoms with E-state index in [4.69, 9.17) is 5.10 Å². The summed E-state index contributed by atoms with van der Waals surface area (Å²) < 4.78 is 2.02. The number of aromatic nitrogens is 4. The molecule has 1 fully saturated rings. The Morgan fingerprint density at radius 1 is 1.28 bits per heavy atom. The van der Waals surface area contributed by atoms with Crippen molar-refractivity contribution in [2.75, 3.05) is 13.6 Å². The van der Waals surface area contributed by atoms with Crippen LogP contribution in [0.25, 0.3) is 0 Å². The third-order valence-corrected chi connectivity index (χ3v) is 6.72. The molecule has 0 aromatic carbocycles. The fourth-order valence-corrected chi connectivity index (χ4v) is 4.72. The molecule has 166 valence electrons. The highest BCUT2D eigenvalue weighted by molar-refractivity contribution is 7.07. The van der Waals surface area contributed by atoms with E-state index in [1.54, 1.807) is 28.4 Å². The highest BCUT2D eigenvalue weighted by Gasteiger charge is 2.33. The zero-order valence-corrected chi connectivity index (χ0v) is 19.1. The van der Waals surface area contributed by atoms with Crippen LogP contribution in [0.4, 0.5) is 0 Å². The van der Waals surface area contributed by atoms with Gasteiger partial charge in [-0.25, -0.2) is 9.97 Å². The van der Waals surface area contributed by atoms with E-state index in [-0.39, 0.29) is 11.8 Å². The average Bonchev–Trinajstić information content (AvgIpc) is 3.33. The Morgan fingerprint density at radius 3 is 2.84 bits per heavy atom. The maximum absolute atomic E-state index is 13.4. The molecule has 0 N–H and O–H groups in total. The SMILES string of the molecule is Cc1cccc(C(=O)N2CCc3c(c(C(=O)N(C)Cc4cscn4)nn3CC3CC3)C2)n1. The van der Waals surface area contributed by atoms with Gasteiger partial charge in [0, 0.05) is 48.9 Å². The van der Waals surface area contributed by atoms with Crippen molar-refractivity contribution in [1.29, 1.82) is 0 Å². The second-order valence-electron chi connectivity index (χ2n) is 8.68. The highest BCUT2D eigenvalue weighted by atomic mass is 32.1. The lowest BCUT2D eigenvalue weighted by molar-refractivity contribution is 0.0716. The number of aryl methyl sites for hydroxylation is 1. The maximum atomic E-state index is 13.4. The van der Waals surface area contributed by atoms with Crippen LogP contribution in [0.2, 0.25) is 0 Å². The first kappa shape index (κ1) is 20.8. The summed E-state index contributed by atoms with van der Waals surface area (Å²) >= 11 is 1.51. The molecule has 0 saturated heterocycles. The minimum atomic E-state index is -0.133. The van der Waals surface area contributed by atoms with Crippen LogP contribution in [0.1, 0.15) is 56.5 Å². The van der Waals surface area contributed by atoms with Crippen LogP contribution in [0, 0.1) is 12.8 Å². The molecular weight excluding hydrogens is 424 g/mol. The van der Waals surface area contributed by atoms with E-state index in [0.29, 0.717) is 43.4 Å². The fourth-order valence-electron chi connectivity index (χ4n) is 4.17. The highest BCUT2D eigenvalue weighted by Crippen LogP contribution is 2.33. The molecule has 32 heavy (non-hydrogen) atoms. The van der Waals surface area contributed by atoms with Crippen LogP contribution in [0.5, 0.6) is 0 Å². The third kappa shape index (κ3) is 4.17. The van der Waals surface area contributed by atoms with Gasteiger partial charge in [-0.05, 0) is 37.8 Å². The van der Waals surface area contributed by atoms with E-state index in [9.17, 15) is 9.59 Å². The Labute approximate surface area is 190 Å². The monoisotopic (exact) mass is 450 g/mol. The number of fused-ring (bicyclic) bond motifs is 1. The predicted octanol–water partition coefficient (Wildman–Crippen LogP) is 2.92. The van der Waals surface area contributed by atoms with Gasteiger partial charge < -0.3 is 9.80 Å². The molecule has 3 aromatic heterocycles. The number of hydrogen-bond donors (Lipinski definition) is 0. The molecule has 0 atom stereocenters. The topological polar surface area (TPSA) is 84.2 Å². The van der Waals surface area contributed by atoms with Gasteiger partial charge in [0.25, 0.3) is 11.8 Å².